The largest absolute Gasteiger partial charge is 0.377 e. The molecule has 98 valence electrons. The van der Waals surface area contributed by atoms with Crippen LogP contribution in [0.1, 0.15) is 51.4 Å². The summed E-state index contributed by atoms with van der Waals surface area (Å²) in [4.78, 5) is 0. The topological polar surface area (TPSA) is 30.5 Å². The van der Waals surface area contributed by atoms with Gasteiger partial charge in [-0.25, -0.2) is 0 Å². The molecular weight excluding hydrogens is 214 g/mol. The Balaban J connectivity index is 1.46. The van der Waals surface area contributed by atoms with Gasteiger partial charge in [0.25, 0.3) is 0 Å². The lowest BCUT2D eigenvalue weighted by atomic mass is 9.89. The van der Waals surface area contributed by atoms with Crippen LogP contribution in [0.4, 0.5) is 0 Å². The first-order valence-corrected chi connectivity index (χ1v) is 7.35. The van der Waals surface area contributed by atoms with Crippen LogP contribution in [-0.2, 0) is 9.47 Å². The van der Waals surface area contributed by atoms with Crippen LogP contribution in [-0.4, -0.2) is 37.5 Å². The molecule has 0 aromatic carbocycles. The van der Waals surface area contributed by atoms with E-state index >= 15 is 0 Å². The number of hydrogen-bond donors (Lipinski definition) is 1. The van der Waals surface area contributed by atoms with Crippen molar-refractivity contribution in [3.8, 4) is 0 Å². The first-order chi connectivity index (χ1) is 8.36. The zero-order valence-corrected chi connectivity index (χ0v) is 10.7. The zero-order valence-electron chi connectivity index (χ0n) is 10.7. The number of hydrogen-bond acceptors (Lipinski definition) is 3. The van der Waals surface area contributed by atoms with E-state index in [-0.39, 0.29) is 5.60 Å². The molecule has 1 saturated carbocycles. The average Bonchev–Trinajstić information content (AvgIpc) is 2.99. The fraction of sp³-hybridized carbons (Fsp3) is 1.00. The summed E-state index contributed by atoms with van der Waals surface area (Å²) in [5.41, 5.74) is 0.243. The lowest BCUT2D eigenvalue weighted by molar-refractivity contribution is -0.0845. The normalized spacial score (nSPS) is 36.7. The van der Waals surface area contributed by atoms with E-state index in [0.29, 0.717) is 12.1 Å². The predicted octanol–water partition coefficient (Wildman–Crippen LogP) is 2.25. The van der Waals surface area contributed by atoms with Crippen molar-refractivity contribution in [2.24, 2.45) is 0 Å². The highest BCUT2D eigenvalue weighted by atomic mass is 16.5. The molecule has 2 heterocycles. The molecule has 1 N–H and O–H groups in total. The molecule has 3 nitrogen and oxygen atoms in total. The molecule has 0 amide bonds. The SMILES string of the molecule is C1CO[C@@H](CN[C@@H]2CCOC3(CCCC3)C2)C1. The third-order valence-electron chi connectivity index (χ3n) is 4.67. The van der Waals surface area contributed by atoms with Crippen molar-refractivity contribution in [3.05, 3.63) is 0 Å². The van der Waals surface area contributed by atoms with Crippen LogP contribution in [0.3, 0.4) is 0 Å². The van der Waals surface area contributed by atoms with Crippen molar-refractivity contribution in [2.45, 2.75) is 69.1 Å². The second kappa shape index (κ2) is 5.25. The fourth-order valence-corrected chi connectivity index (χ4v) is 3.67. The molecule has 1 aliphatic carbocycles. The van der Waals surface area contributed by atoms with Crippen LogP contribution in [0.2, 0.25) is 0 Å². The van der Waals surface area contributed by atoms with Gasteiger partial charge in [0.15, 0.2) is 0 Å². The van der Waals surface area contributed by atoms with Gasteiger partial charge in [-0.3, -0.25) is 0 Å². The minimum absolute atomic E-state index is 0.243. The Morgan fingerprint density at radius 3 is 2.71 bits per heavy atom. The molecular formula is C14H25NO2. The van der Waals surface area contributed by atoms with E-state index < -0.39 is 0 Å². The zero-order chi connectivity index (χ0) is 11.6. The quantitative estimate of drug-likeness (QED) is 0.819. The second-order valence-electron chi connectivity index (χ2n) is 5.97. The van der Waals surface area contributed by atoms with Gasteiger partial charge in [-0.1, -0.05) is 12.8 Å². The Morgan fingerprint density at radius 1 is 1.06 bits per heavy atom. The van der Waals surface area contributed by atoms with Gasteiger partial charge in [-0.05, 0) is 38.5 Å². The van der Waals surface area contributed by atoms with Gasteiger partial charge in [0.1, 0.15) is 0 Å². The van der Waals surface area contributed by atoms with Crippen LogP contribution < -0.4 is 5.32 Å². The number of rotatable bonds is 3. The van der Waals surface area contributed by atoms with Crippen molar-refractivity contribution in [2.75, 3.05) is 19.8 Å². The first kappa shape index (κ1) is 11.9. The monoisotopic (exact) mass is 239 g/mol. The van der Waals surface area contributed by atoms with Gasteiger partial charge in [0, 0.05) is 25.8 Å². The Hall–Kier alpha value is -0.120. The lowest BCUT2D eigenvalue weighted by Gasteiger charge is -2.39. The maximum Gasteiger partial charge on any atom is 0.0700 e. The van der Waals surface area contributed by atoms with Crippen LogP contribution in [0.15, 0.2) is 0 Å². The summed E-state index contributed by atoms with van der Waals surface area (Å²) in [5, 5.41) is 3.71. The molecule has 2 saturated heterocycles. The third kappa shape index (κ3) is 2.83. The highest BCUT2D eigenvalue weighted by Crippen LogP contribution is 2.39. The van der Waals surface area contributed by atoms with Gasteiger partial charge in [-0.2, -0.15) is 0 Å². The lowest BCUT2D eigenvalue weighted by Crippen LogP contribution is -2.47. The Labute approximate surface area is 104 Å². The fourth-order valence-electron chi connectivity index (χ4n) is 3.67. The van der Waals surface area contributed by atoms with E-state index in [2.05, 4.69) is 5.32 Å². The summed E-state index contributed by atoms with van der Waals surface area (Å²) in [6.45, 7) is 2.95. The minimum Gasteiger partial charge on any atom is -0.377 e. The molecule has 1 spiro atoms. The van der Waals surface area contributed by atoms with Crippen molar-refractivity contribution in [3.63, 3.8) is 0 Å². The Bertz CT molecular complexity index is 245. The Kier molecular flexibility index (Phi) is 3.69. The van der Waals surface area contributed by atoms with Crippen molar-refractivity contribution >= 4 is 0 Å². The summed E-state index contributed by atoms with van der Waals surface area (Å²) in [6, 6.07) is 0.658. The van der Waals surface area contributed by atoms with E-state index in [1.54, 1.807) is 0 Å². The van der Waals surface area contributed by atoms with E-state index in [4.69, 9.17) is 9.47 Å². The molecule has 0 bridgehead atoms. The molecule has 3 rings (SSSR count). The minimum atomic E-state index is 0.243. The van der Waals surface area contributed by atoms with E-state index in [9.17, 15) is 0 Å². The van der Waals surface area contributed by atoms with E-state index in [1.165, 1.54) is 51.4 Å². The highest BCUT2D eigenvalue weighted by molar-refractivity contribution is 4.93. The maximum atomic E-state index is 6.06. The molecule has 3 aliphatic rings. The maximum absolute atomic E-state index is 6.06. The van der Waals surface area contributed by atoms with Crippen LogP contribution in [0, 0.1) is 0 Å². The molecule has 17 heavy (non-hydrogen) atoms. The van der Waals surface area contributed by atoms with Crippen molar-refractivity contribution < 1.29 is 9.47 Å². The molecule has 3 heteroatoms. The van der Waals surface area contributed by atoms with Crippen LogP contribution in [0.5, 0.6) is 0 Å². The Morgan fingerprint density at radius 2 is 1.94 bits per heavy atom. The summed E-state index contributed by atoms with van der Waals surface area (Å²) in [6.07, 6.45) is 10.6. The van der Waals surface area contributed by atoms with Gasteiger partial charge in [-0.15, -0.1) is 0 Å². The van der Waals surface area contributed by atoms with Crippen molar-refractivity contribution in [1.29, 1.82) is 0 Å². The van der Waals surface area contributed by atoms with Crippen LogP contribution >= 0.6 is 0 Å². The molecule has 0 radical (unpaired) electrons. The number of nitrogens with one attached hydrogen (secondary N) is 1. The third-order valence-corrected chi connectivity index (χ3v) is 4.67. The smallest absolute Gasteiger partial charge is 0.0700 e. The van der Waals surface area contributed by atoms with Gasteiger partial charge < -0.3 is 14.8 Å². The second-order valence-corrected chi connectivity index (χ2v) is 5.97. The molecule has 2 aliphatic heterocycles. The molecule has 2 atom stereocenters. The number of ether oxygens (including phenoxy) is 2. The average molecular weight is 239 g/mol. The standard InChI is InChI=1S/C14H25NO2/c1-2-7-14(6-1)10-12(5-9-17-14)15-11-13-4-3-8-16-13/h12-13,15H,1-11H2/t12-,13-/m1/s1. The van der Waals surface area contributed by atoms with Crippen molar-refractivity contribution in [1.82, 2.24) is 5.32 Å². The van der Waals surface area contributed by atoms with Gasteiger partial charge in [0.2, 0.25) is 0 Å². The molecule has 3 fully saturated rings. The summed E-state index contributed by atoms with van der Waals surface area (Å²) in [7, 11) is 0. The predicted molar refractivity (Wildman–Crippen MR) is 67.1 cm³/mol. The van der Waals surface area contributed by atoms with E-state index in [1.807, 2.05) is 0 Å². The highest BCUT2D eigenvalue weighted by Gasteiger charge is 2.39. The van der Waals surface area contributed by atoms with Gasteiger partial charge >= 0.3 is 0 Å². The molecule has 0 aromatic heterocycles. The van der Waals surface area contributed by atoms with Gasteiger partial charge in [0.05, 0.1) is 11.7 Å². The first-order valence-electron chi connectivity index (χ1n) is 7.35. The summed E-state index contributed by atoms with van der Waals surface area (Å²) >= 11 is 0. The van der Waals surface area contributed by atoms with Crippen LogP contribution in [0.25, 0.3) is 0 Å². The van der Waals surface area contributed by atoms with E-state index in [0.717, 1.165) is 19.8 Å². The summed E-state index contributed by atoms with van der Waals surface area (Å²) < 4.78 is 11.7. The summed E-state index contributed by atoms with van der Waals surface area (Å²) in [5.74, 6) is 0. The molecule has 0 aromatic rings. The molecule has 0 unspecified atom stereocenters.